The lowest BCUT2D eigenvalue weighted by Crippen LogP contribution is -2.31. The summed E-state index contributed by atoms with van der Waals surface area (Å²) in [5, 5.41) is 0.911. The lowest BCUT2D eigenvalue weighted by molar-refractivity contribution is 0.0969. The quantitative estimate of drug-likeness (QED) is 0.518. The van der Waals surface area contributed by atoms with Crippen molar-refractivity contribution in [2.45, 2.75) is 6.04 Å². The second-order valence-corrected chi connectivity index (χ2v) is 6.79. The van der Waals surface area contributed by atoms with Crippen molar-refractivity contribution in [1.82, 2.24) is 9.97 Å². The van der Waals surface area contributed by atoms with Crippen LogP contribution in [-0.2, 0) is 0 Å². The van der Waals surface area contributed by atoms with E-state index in [4.69, 9.17) is 16.0 Å². The molecule has 5 rings (SSSR count). The molecule has 0 N–H and O–H groups in total. The summed E-state index contributed by atoms with van der Waals surface area (Å²) in [6.07, 6.45) is 3.08. The van der Waals surface area contributed by atoms with Gasteiger partial charge in [-0.05, 0) is 35.9 Å². The smallest absolute Gasteiger partial charge is 0.297 e. The number of carbonyl (C=O) groups is 1. The Morgan fingerprint density at radius 2 is 1.75 bits per heavy atom. The zero-order valence-electron chi connectivity index (χ0n) is 14.4. The second kappa shape index (κ2) is 6.28. The van der Waals surface area contributed by atoms with E-state index >= 15 is 0 Å². The summed E-state index contributed by atoms with van der Waals surface area (Å²) < 4.78 is 5.85. The SMILES string of the molecule is O=C1c2oc3ccccc3c(=O)c2[C@H](c2cccc(Cl)c2)N1c1ncccn1. The molecule has 1 atom stereocenters. The molecule has 136 valence electrons. The molecule has 2 aromatic carbocycles. The van der Waals surface area contributed by atoms with Crippen LogP contribution in [0.15, 0.2) is 76.2 Å². The first-order chi connectivity index (χ1) is 13.6. The van der Waals surface area contributed by atoms with Gasteiger partial charge in [0.1, 0.15) is 5.58 Å². The van der Waals surface area contributed by atoms with Gasteiger partial charge in [0.2, 0.25) is 11.7 Å². The predicted octanol–water partition coefficient (Wildman–Crippen LogP) is 3.99. The van der Waals surface area contributed by atoms with Crippen molar-refractivity contribution in [3.05, 3.63) is 99.1 Å². The van der Waals surface area contributed by atoms with Crippen molar-refractivity contribution >= 4 is 34.4 Å². The summed E-state index contributed by atoms with van der Waals surface area (Å²) >= 11 is 6.18. The molecule has 0 spiro atoms. The van der Waals surface area contributed by atoms with Gasteiger partial charge in [-0.1, -0.05) is 35.9 Å². The van der Waals surface area contributed by atoms with E-state index in [1.165, 1.54) is 4.90 Å². The summed E-state index contributed by atoms with van der Waals surface area (Å²) in [7, 11) is 0. The monoisotopic (exact) mass is 389 g/mol. The number of halogens is 1. The van der Waals surface area contributed by atoms with E-state index in [1.807, 2.05) is 6.07 Å². The maximum absolute atomic E-state index is 13.3. The van der Waals surface area contributed by atoms with Crippen molar-refractivity contribution in [2.24, 2.45) is 0 Å². The highest BCUT2D eigenvalue weighted by molar-refractivity contribution is 6.30. The molecule has 0 radical (unpaired) electrons. The number of nitrogens with zero attached hydrogens (tertiary/aromatic N) is 3. The van der Waals surface area contributed by atoms with E-state index in [1.54, 1.807) is 60.9 Å². The van der Waals surface area contributed by atoms with Crippen LogP contribution in [0.3, 0.4) is 0 Å². The Labute approximate surface area is 164 Å². The Morgan fingerprint density at radius 1 is 0.964 bits per heavy atom. The van der Waals surface area contributed by atoms with Gasteiger partial charge in [-0.2, -0.15) is 0 Å². The van der Waals surface area contributed by atoms with Crippen LogP contribution in [0.4, 0.5) is 5.95 Å². The maximum Gasteiger partial charge on any atom is 0.297 e. The largest absolute Gasteiger partial charge is 0.450 e. The van der Waals surface area contributed by atoms with Gasteiger partial charge in [0.15, 0.2) is 5.43 Å². The van der Waals surface area contributed by atoms with Crippen molar-refractivity contribution in [3.63, 3.8) is 0 Å². The molecule has 0 fully saturated rings. The Balaban J connectivity index is 1.84. The molecule has 0 bridgehead atoms. The van der Waals surface area contributed by atoms with E-state index in [0.29, 0.717) is 21.6 Å². The number of carbonyl (C=O) groups excluding carboxylic acids is 1. The zero-order valence-corrected chi connectivity index (χ0v) is 15.1. The number of hydrogen-bond acceptors (Lipinski definition) is 5. The summed E-state index contributed by atoms with van der Waals surface area (Å²) in [5.74, 6) is -0.275. The highest BCUT2D eigenvalue weighted by atomic mass is 35.5. The van der Waals surface area contributed by atoms with Gasteiger partial charge >= 0.3 is 0 Å². The Bertz CT molecular complexity index is 1290. The first kappa shape index (κ1) is 16.6. The van der Waals surface area contributed by atoms with E-state index < -0.39 is 11.9 Å². The minimum absolute atomic E-state index is 0.00104. The van der Waals surface area contributed by atoms with Crippen molar-refractivity contribution in [3.8, 4) is 0 Å². The minimum Gasteiger partial charge on any atom is -0.450 e. The molecule has 0 aliphatic carbocycles. The van der Waals surface area contributed by atoms with Crippen LogP contribution in [0.25, 0.3) is 11.0 Å². The van der Waals surface area contributed by atoms with Crippen LogP contribution in [0.1, 0.15) is 27.7 Å². The normalized spacial score (nSPS) is 15.8. The number of amides is 1. The van der Waals surface area contributed by atoms with Gasteiger partial charge in [-0.25, -0.2) is 9.97 Å². The number of para-hydroxylation sites is 1. The maximum atomic E-state index is 13.3. The van der Waals surface area contributed by atoms with Gasteiger partial charge in [0.05, 0.1) is 17.0 Å². The molecule has 4 aromatic rings. The van der Waals surface area contributed by atoms with E-state index in [9.17, 15) is 9.59 Å². The molecule has 0 unspecified atom stereocenters. The summed E-state index contributed by atoms with van der Waals surface area (Å²) in [6.45, 7) is 0. The molecular formula is C21H12ClN3O3. The molecule has 0 saturated carbocycles. The third-order valence-electron chi connectivity index (χ3n) is 4.71. The molecule has 7 heteroatoms. The van der Waals surface area contributed by atoms with E-state index in [-0.39, 0.29) is 22.7 Å². The topological polar surface area (TPSA) is 76.3 Å². The Hall–Kier alpha value is -3.51. The van der Waals surface area contributed by atoms with Crippen LogP contribution in [-0.4, -0.2) is 15.9 Å². The van der Waals surface area contributed by atoms with Gasteiger partial charge in [-0.15, -0.1) is 0 Å². The first-order valence-corrected chi connectivity index (χ1v) is 8.95. The highest BCUT2D eigenvalue weighted by Gasteiger charge is 2.44. The number of benzene rings is 2. The fraction of sp³-hybridized carbons (Fsp3) is 0.0476. The standard InChI is InChI=1S/C21H12ClN3O3/c22-13-6-3-5-12(11-13)17-16-18(26)14-7-1-2-8-15(14)28-19(16)20(27)25(17)21-23-9-4-10-24-21/h1-11,17H/t17-/m0/s1. The van der Waals surface area contributed by atoms with Gasteiger partial charge in [0.25, 0.3) is 5.91 Å². The number of aromatic nitrogens is 2. The van der Waals surface area contributed by atoms with Crippen LogP contribution >= 0.6 is 11.6 Å². The summed E-state index contributed by atoms with van der Waals surface area (Å²) in [6, 6.07) is 14.8. The summed E-state index contributed by atoms with van der Waals surface area (Å²) in [5.41, 5.74) is 1.04. The fourth-order valence-corrected chi connectivity index (χ4v) is 3.73. The lowest BCUT2D eigenvalue weighted by Gasteiger charge is -2.23. The average molecular weight is 390 g/mol. The van der Waals surface area contributed by atoms with Crippen LogP contribution in [0.5, 0.6) is 0 Å². The van der Waals surface area contributed by atoms with Gasteiger partial charge in [-0.3, -0.25) is 14.5 Å². The van der Waals surface area contributed by atoms with E-state index in [0.717, 1.165) is 0 Å². The van der Waals surface area contributed by atoms with Crippen LogP contribution in [0, 0.1) is 0 Å². The number of anilines is 1. The number of fused-ring (bicyclic) bond motifs is 2. The molecule has 0 saturated heterocycles. The second-order valence-electron chi connectivity index (χ2n) is 6.35. The Kier molecular flexibility index (Phi) is 3.74. The minimum atomic E-state index is -0.732. The fourth-order valence-electron chi connectivity index (χ4n) is 3.53. The molecule has 1 aliphatic rings. The molecular weight excluding hydrogens is 378 g/mol. The molecule has 28 heavy (non-hydrogen) atoms. The van der Waals surface area contributed by atoms with Gasteiger partial charge < -0.3 is 4.42 Å². The highest BCUT2D eigenvalue weighted by Crippen LogP contribution is 2.40. The van der Waals surface area contributed by atoms with Crippen molar-refractivity contribution < 1.29 is 9.21 Å². The van der Waals surface area contributed by atoms with E-state index in [2.05, 4.69) is 9.97 Å². The molecule has 2 aromatic heterocycles. The summed E-state index contributed by atoms with van der Waals surface area (Å²) in [4.78, 5) is 36.3. The zero-order chi connectivity index (χ0) is 19.3. The van der Waals surface area contributed by atoms with Gasteiger partial charge in [0, 0.05) is 17.4 Å². The molecule has 6 nitrogen and oxygen atoms in total. The van der Waals surface area contributed by atoms with Crippen LogP contribution < -0.4 is 10.3 Å². The number of rotatable bonds is 2. The predicted molar refractivity (Wildman–Crippen MR) is 105 cm³/mol. The third kappa shape index (κ3) is 2.42. The molecule has 3 heterocycles. The first-order valence-electron chi connectivity index (χ1n) is 8.57. The van der Waals surface area contributed by atoms with Crippen LogP contribution in [0.2, 0.25) is 5.02 Å². The average Bonchev–Trinajstić information content (AvgIpc) is 3.02. The molecule has 1 amide bonds. The third-order valence-corrected chi connectivity index (χ3v) is 4.94. The lowest BCUT2D eigenvalue weighted by atomic mass is 9.99. The Morgan fingerprint density at radius 3 is 2.54 bits per heavy atom. The molecule has 1 aliphatic heterocycles. The van der Waals surface area contributed by atoms with Crippen molar-refractivity contribution in [1.29, 1.82) is 0 Å². The van der Waals surface area contributed by atoms with Crippen molar-refractivity contribution in [2.75, 3.05) is 4.90 Å². The number of hydrogen-bond donors (Lipinski definition) is 0.